The van der Waals surface area contributed by atoms with Gasteiger partial charge in [0.25, 0.3) is 0 Å². The van der Waals surface area contributed by atoms with E-state index in [0.717, 1.165) is 36.8 Å². The van der Waals surface area contributed by atoms with Gasteiger partial charge in [0.15, 0.2) is 0 Å². The van der Waals surface area contributed by atoms with Crippen molar-refractivity contribution < 1.29 is 19.1 Å². The van der Waals surface area contributed by atoms with Gasteiger partial charge in [-0.05, 0) is 43.7 Å². The third-order valence-electron chi connectivity index (χ3n) is 5.31. The SMILES string of the molecule is CC(=O)OC1/C=C/[C@H](C)C(/C(C)=C/COCc2ccccc2)NC(=O)CCCCC1. The molecule has 1 heterocycles. The van der Waals surface area contributed by atoms with Crippen LogP contribution in [-0.4, -0.2) is 30.6 Å². The lowest BCUT2D eigenvalue weighted by Gasteiger charge is -2.25. The summed E-state index contributed by atoms with van der Waals surface area (Å²) in [6, 6.07) is 9.94. The highest BCUT2D eigenvalue weighted by molar-refractivity contribution is 5.76. The van der Waals surface area contributed by atoms with Crippen molar-refractivity contribution in [2.75, 3.05) is 6.61 Å². The quantitative estimate of drug-likeness (QED) is 0.416. The van der Waals surface area contributed by atoms with E-state index in [2.05, 4.69) is 12.2 Å². The van der Waals surface area contributed by atoms with Gasteiger partial charge in [-0.1, -0.05) is 61.4 Å². The van der Waals surface area contributed by atoms with E-state index in [1.54, 1.807) is 0 Å². The first-order valence-corrected chi connectivity index (χ1v) is 10.9. The molecule has 3 atom stereocenters. The van der Waals surface area contributed by atoms with Gasteiger partial charge in [-0.3, -0.25) is 9.59 Å². The molecule has 164 valence electrons. The van der Waals surface area contributed by atoms with Crippen molar-refractivity contribution in [1.82, 2.24) is 5.32 Å². The summed E-state index contributed by atoms with van der Waals surface area (Å²) in [5.41, 5.74) is 2.20. The predicted molar refractivity (Wildman–Crippen MR) is 119 cm³/mol. The van der Waals surface area contributed by atoms with E-state index >= 15 is 0 Å². The Hall–Kier alpha value is -2.40. The fourth-order valence-corrected chi connectivity index (χ4v) is 3.60. The van der Waals surface area contributed by atoms with Crippen LogP contribution in [0, 0.1) is 5.92 Å². The standard InChI is InChI=1S/C25H35NO4/c1-19-14-15-23(30-21(3)27)12-8-5-9-13-24(28)26-25(19)20(2)16-17-29-18-22-10-6-4-7-11-22/h4,6-7,10-11,14-16,19,23,25H,5,8-9,12-13,17-18H2,1-3H3,(H,26,28)/b15-14+,20-16+/t19-,23?,25?/m0/s1. The summed E-state index contributed by atoms with van der Waals surface area (Å²) in [6.07, 6.45) is 9.86. The van der Waals surface area contributed by atoms with Crippen molar-refractivity contribution in [2.45, 2.75) is 71.6 Å². The van der Waals surface area contributed by atoms with Gasteiger partial charge in [0, 0.05) is 13.3 Å². The second-order valence-corrected chi connectivity index (χ2v) is 7.99. The lowest BCUT2D eigenvalue weighted by molar-refractivity contribution is -0.144. The second kappa shape index (κ2) is 13.0. The summed E-state index contributed by atoms with van der Waals surface area (Å²) in [5.74, 6) is -0.118. The molecule has 0 saturated carbocycles. The first-order chi connectivity index (χ1) is 14.5. The average molecular weight is 414 g/mol. The van der Waals surface area contributed by atoms with Crippen LogP contribution in [-0.2, 0) is 25.7 Å². The van der Waals surface area contributed by atoms with E-state index in [-0.39, 0.29) is 29.9 Å². The summed E-state index contributed by atoms with van der Waals surface area (Å²) in [4.78, 5) is 23.8. The third kappa shape index (κ3) is 8.95. The molecule has 5 nitrogen and oxygen atoms in total. The summed E-state index contributed by atoms with van der Waals surface area (Å²) in [5, 5.41) is 3.18. The van der Waals surface area contributed by atoms with Crippen LogP contribution in [0.4, 0.5) is 0 Å². The highest BCUT2D eigenvalue weighted by Crippen LogP contribution is 2.18. The molecule has 0 aromatic heterocycles. The minimum atomic E-state index is -0.263. The summed E-state index contributed by atoms with van der Waals surface area (Å²) < 4.78 is 11.2. The zero-order valence-corrected chi connectivity index (χ0v) is 18.4. The molecule has 1 aliphatic heterocycles. The van der Waals surface area contributed by atoms with Crippen molar-refractivity contribution in [1.29, 1.82) is 0 Å². The second-order valence-electron chi connectivity index (χ2n) is 7.99. The Kier molecular flexibility index (Phi) is 10.4. The van der Waals surface area contributed by atoms with Crippen LogP contribution in [0.1, 0.15) is 58.4 Å². The minimum absolute atomic E-state index is 0.0665. The molecule has 0 spiro atoms. The Labute approximate surface area is 180 Å². The number of ether oxygens (including phenoxy) is 2. The van der Waals surface area contributed by atoms with Gasteiger partial charge < -0.3 is 14.8 Å². The van der Waals surface area contributed by atoms with Crippen LogP contribution in [0.5, 0.6) is 0 Å². The van der Waals surface area contributed by atoms with Gasteiger partial charge in [-0.2, -0.15) is 0 Å². The number of hydrogen-bond acceptors (Lipinski definition) is 4. The van der Waals surface area contributed by atoms with E-state index in [1.165, 1.54) is 6.92 Å². The van der Waals surface area contributed by atoms with E-state index in [1.807, 2.05) is 55.5 Å². The number of carbonyl (C=O) groups excluding carboxylic acids is 2. The molecule has 2 rings (SSSR count). The summed E-state index contributed by atoms with van der Waals surface area (Å²) >= 11 is 0. The molecule has 1 aliphatic rings. The lowest BCUT2D eigenvalue weighted by atomic mass is 9.93. The number of carbonyl (C=O) groups is 2. The topological polar surface area (TPSA) is 64.6 Å². The van der Waals surface area contributed by atoms with E-state index < -0.39 is 0 Å². The van der Waals surface area contributed by atoms with E-state index in [4.69, 9.17) is 9.47 Å². The monoisotopic (exact) mass is 413 g/mol. The molecule has 1 aromatic rings. The van der Waals surface area contributed by atoms with Crippen LogP contribution in [0.2, 0.25) is 0 Å². The normalized spacial score (nSPS) is 24.8. The van der Waals surface area contributed by atoms with Crippen molar-refractivity contribution in [3.05, 3.63) is 59.7 Å². The fourth-order valence-electron chi connectivity index (χ4n) is 3.60. The van der Waals surface area contributed by atoms with Gasteiger partial charge >= 0.3 is 5.97 Å². The molecule has 0 fully saturated rings. The average Bonchev–Trinajstić information content (AvgIpc) is 2.72. The first kappa shape index (κ1) is 23.9. The largest absolute Gasteiger partial charge is 0.458 e. The Bertz CT molecular complexity index is 726. The number of nitrogens with one attached hydrogen (secondary N) is 1. The molecule has 1 N–H and O–H groups in total. The fraction of sp³-hybridized carbons (Fsp3) is 0.520. The van der Waals surface area contributed by atoms with Gasteiger partial charge in [0.05, 0.1) is 19.3 Å². The molecule has 2 unspecified atom stereocenters. The maximum atomic E-state index is 12.4. The smallest absolute Gasteiger partial charge is 0.303 e. The zero-order chi connectivity index (χ0) is 21.8. The number of rotatable bonds is 6. The van der Waals surface area contributed by atoms with Crippen molar-refractivity contribution in [3.8, 4) is 0 Å². The van der Waals surface area contributed by atoms with Crippen LogP contribution in [0.25, 0.3) is 0 Å². The molecule has 1 amide bonds. The summed E-state index contributed by atoms with van der Waals surface area (Å²) in [6.45, 7) is 6.58. The van der Waals surface area contributed by atoms with Gasteiger partial charge in [-0.15, -0.1) is 0 Å². The van der Waals surface area contributed by atoms with Crippen molar-refractivity contribution in [3.63, 3.8) is 0 Å². The molecule has 0 aliphatic carbocycles. The Morgan fingerprint density at radius 3 is 2.63 bits per heavy atom. The minimum Gasteiger partial charge on any atom is -0.458 e. The number of hydrogen-bond donors (Lipinski definition) is 1. The van der Waals surface area contributed by atoms with Gasteiger partial charge in [0.2, 0.25) is 5.91 Å². The highest BCUT2D eigenvalue weighted by Gasteiger charge is 2.21. The molecule has 30 heavy (non-hydrogen) atoms. The van der Waals surface area contributed by atoms with E-state index in [9.17, 15) is 9.59 Å². The number of esters is 1. The molecule has 5 heteroatoms. The Morgan fingerprint density at radius 2 is 1.90 bits per heavy atom. The maximum Gasteiger partial charge on any atom is 0.303 e. The predicted octanol–water partition coefficient (Wildman–Crippen LogP) is 4.72. The first-order valence-electron chi connectivity index (χ1n) is 10.9. The van der Waals surface area contributed by atoms with Crippen molar-refractivity contribution >= 4 is 11.9 Å². The van der Waals surface area contributed by atoms with Gasteiger partial charge in [0.1, 0.15) is 6.10 Å². The molecule has 1 aromatic carbocycles. The molecular formula is C25H35NO4. The zero-order valence-electron chi connectivity index (χ0n) is 18.4. The Morgan fingerprint density at radius 1 is 1.13 bits per heavy atom. The molecule has 0 saturated heterocycles. The number of benzene rings is 1. The van der Waals surface area contributed by atoms with Gasteiger partial charge in [-0.25, -0.2) is 0 Å². The Balaban J connectivity index is 2.03. The lowest BCUT2D eigenvalue weighted by Crippen LogP contribution is -2.40. The van der Waals surface area contributed by atoms with Crippen LogP contribution in [0.3, 0.4) is 0 Å². The molecule has 0 radical (unpaired) electrons. The molecule has 0 bridgehead atoms. The third-order valence-corrected chi connectivity index (χ3v) is 5.31. The van der Waals surface area contributed by atoms with E-state index in [0.29, 0.717) is 19.6 Å². The van der Waals surface area contributed by atoms with Crippen LogP contribution >= 0.6 is 0 Å². The van der Waals surface area contributed by atoms with Crippen molar-refractivity contribution in [2.24, 2.45) is 5.92 Å². The van der Waals surface area contributed by atoms with Crippen LogP contribution in [0.15, 0.2) is 54.1 Å². The molecular weight excluding hydrogens is 378 g/mol. The maximum absolute atomic E-state index is 12.4. The number of amides is 1. The highest BCUT2D eigenvalue weighted by atomic mass is 16.5. The summed E-state index contributed by atoms with van der Waals surface area (Å²) in [7, 11) is 0. The van der Waals surface area contributed by atoms with Crippen LogP contribution < -0.4 is 5.32 Å².